The number of aromatic carboxylic acids is 1. The molecule has 0 aliphatic rings. The molecule has 1 aromatic heterocycles. The van der Waals surface area contributed by atoms with E-state index in [9.17, 15) is 9.59 Å². The van der Waals surface area contributed by atoms with E-state index >= 15 is 0 Å². The van der Waals surface area contributed by atoms with Crippen molar-refractivity contribution in [2.24, 2.45) is 0 Å². The highest BCUT2D eigenvalue weighted by molar-refractivity contribution is 9.10. The molecule has 0 saturated heterocycles. The number of carboxylic acids is 1. The van der Waals surface area contributed by atoms with Gasteiger partial charge in [0.25, 0.3) is 0 Å². The second-order valence-electron chi connectivity index (χ2n) is 4.20. The summed E-state index contributed by atoms with van der Waals surface area (Å²) in [5.41, 5.74) is 1.27. The topological polar surface area (TPSA) is 91.3 Å². The molecule has 1 heterocycles. The van der Waals surface area contributed by atoms with Crippen molar-refractivity contribution in [3.05, 3.63) is 44.3 Å². The standard InChI is InChI=1S/C13H12BrN3O3S/c1-7-16-11(6-21-7)5-15-13(20)17-10-3-8(12(18)19)2-9(14)4-10/h2-4,6H,5H2,1H3,(H,18,19)(H2,15,17,20). The van der Waals surface area contributed by atoms with Crippen molar-refractivity contribution in [3.63, 3.8) is 0 Å². The van der Waals surface area contributed by atoms with Crippen LogP contribution in [0.15, 0.2) is 28.1 Å². The number of nitrogens with one attached hydrogen (secondary N) is 2. The van der Waals surface area contributed by atoms with Crippen molar-refractivity contribution in [2.45, 2.75) is 13.5 Å². The van der Waals surface area contributed by atoms with Gasteiger partial charge in [-0.05, 0) is 25.1 Å². The molecule has 0 saturated carbocycles. The van der Waals surface area contributed by atoms with Crippen LogP contribution < -0.4 is 10.6 Å². The Morgan fingerprint density at radius 3 is 2.76 bits per heavy atom. The van der Waals surface area contributed by atoms with Gasteiger partial charge in [0.05, 0.1) is 22.8 Å². The summed E-state index contributed by atoms with van der Waals surface area (Å²) in [4.78, 5) is 27.0. The average Bonchev–Trinajstić information content (AvgIpc) is 2.81. The smallest absolute Gasteiger partial charge is 0.335 e. The molecule has 110 valence electrons. The van der Waals surface area contributed by atoms with E-state index in [1.165, 1.54) is 23.5 Å². The largest absolute Gasteiger partial charge is 0.478 e. The Balaban J connectivity index is 1.97. The van der Waals surface area contributed by atoms with Crippen LogP contribution in [0.2, 0.25) is 0 Å². The number of rotatable bonds is 4. The first-order valence-corrected chi connectivity index (χ1v) is 7.61. The van der Waals surface area contributed by atoms with Crippen molar-refractivity contribution in [1.82, 2.24) is 10.3 Å². The van der Waals surface area contributed by atoms with E-state index < -0.39 is 12.0 Å². The van der Waals surface area contributed by atoms with Crippen LogP contribution in [0.4, 0.5) is 10.5 Å². The van der Waals surface area contributed by atoms with Gasteiger partial charge in [0.15, 0.2) is 0 Å². The number of halogens is 1. The number of thiazole rings is 1. The van der Waals surface area contributed by atoms with Gasteiger partial charge in [-0.2, -0.15) is 0 Å². The Hall–Kier alpha value is -1.93. The number of benzene rings is 1. The zero-order valence-electron chi connectivity index (χ0n) is 11.0. The Morgan fingerprint density at radius 1 is 1.38 bits per heavy atom. The first-order chi connectivity index (χ1) is 9.94. The third-order valence-corrected chi connectivity index (χ3v) is 3.78. The zero-order valence-corrected chi connectivity index (χ0v) is 13.4. The maximum Gasteiger partial charge on any atom is 0.335 e. The van der Waals surface area contributed by atoms with E-state index in [1.54, 1.807) is 6.07 Å². The van der Waals surface area contributed by atoms with Crippen molar-refractivity contribution >= 4 is 45.0 Å². The summed E-state index contributed by atoms with van der Waals surface area (Å²) in [5.74, 6) is -1.06. The minimum Gasteiger partial charge on any atom is -0.478 e. The second-order valence-corrected chi connectivity index (χ2v) is 6.18. The number of anilines is 1. The predicted octanol–water partition coefficient (Wildman–Crippen LogP) is 3.23. The maximum atomic E-state index is 11.8. The summed E-state index contributed by atoms with van der Waals surface area (Å²) >= 11 is 4.72. The molecule has 0 aliphatic carbocycles. The molecule has 21 heavy (non-hydrogen) atoms. The third kappa shape index (κ3) is 4.54. The molecule has 3 N–H and O–H groups in total. The van der Waals surface area contributed by atoms with E-state index in [1.807, 2.05) is 12.3 Å². The highest BCUT2D eigenvalue weighted by Crippen LogP contribution is 2.19. The number of carboxylic acid groups (broad SMARTS) is 1. The monoisotopic (exact) mass is 369 g/mol. The fourth-order valence-corrected chi connectivity index (χ4v) is 2.73. The molecule has 0 bridgehead atoms. The minimum absolute atomic E-state index is 0.0924. The number of hydrogen-bond acceptors (Lipinski definition) is 4. The van der Waals surface area contributed by atoms with Crippen LogP contribution in [-0.2, 0) is 6.54 Å². The van der Waals surface area contributed by atoms with Crippen LogP contribution in [0, 0.1) is 6.92 Å². The van der Waals surface area contributed by atoms with Crippen molar-refractivity contribution in [3.8, 4) is 0 Å². The van der Waals surface area contributed by atoms with Crippen LogP contribution in [0.3, 0.4) is 0 Å². The van der Waals surface area contributed by atoms with Crippen molar-refractivity contribution in [2.75, 3.05) is 5.32 Å². The summed E-state index contributed by atoms with van der Waals surface area (Å²) in [6.45, 7) is 2.21. The zero-order chi connectivity index (χ0) is 15.4. The molecule has 0 spiro atoms. The van der Waals surface area contributed by atoms with E-state index in [0.717, 1.165) is 10.7 Å². The third-order valence-electron chi connectivity index (χ3n) is 2.50. The van der Waals surface area contributed by atoms with E-state index in [4.69, 9.17) is 5.11 Å². The molecule has 1 aromatic carbocycles. The van der Waals surface area contributed by atoms with Gasteiger partial charge in [-0.3, -0.25) is 0 Å². The molecule has 0 unspecified atom stereocenters. The summed E-state index contributed by atoms with van der Waals surface area (Å²) < 4.78 is 0.577. The lowest BCUT2D eigenvalue weighted by atomic mass is 10.2. The van der Waals surface area contributed by atoms with Gasteiger partial charge in [0.2, 0.25) is 0 Å². The summed E-state index contributed by atoms with van der Waals surface area (Å²) in [6, 6.07) is 4.05. The van der Waals surface area contributed by atoms with Crippen molar-refractivity contribution in [1.29, 1.82) is 0 Å². The van der Waals surface area contributed by atoms with Crippen LogP contribution >= 0.6 is 27.3 Å². The van der Waals surface area contributed by atoms with Crippen LogP contribution in [0.25, 0.3) is 0 Å². The Morgan fingerprint density at radius 2 is 2.14 bits per heavy atom. The van der Waals surface area contributed by atoms with Gasteiger partial charge in [-0.15, -0.1) is 11.3 Å². The lowest BCUT2D eigenvalue weighted by Gasteiger charge is -2.08. The highest BCUT2D eigenvalue weighted by Gasteiger charge is 2.08. The molecule has 8 heteroatoms. The van der Waals surface area contributed by atoms with Gasteiger partial charge >= 0.3 is 12.0 Å². The van der Waals surface area contributed by atoms with E-state index in [2.05, 4.69) is 31.5 Å². The number of aromatic nitrogens is 1. The fourth-order valence-electron chi connectivity index (χ4n) is 1.62. The number of urea groups is 1. The average molecular weight is 370 g/mol. The molecule has 0 atom stereocenters. The van der Waals surface area contributed by atoms with Gasteiger partial charge in [-0.1, -0.05) is 15.9 Å². The molecular formula is C13H12BrN3O3S. The van der Waals surface area contributed by atoms with Gasteiger partial charge < -0.3 is 15.7 Å². The molecular weight excluding hydrogens is 358 g/mol. The molecule has 2 rings (SSSR count). The predicted molar refractivity (Wildman–Crippen MR) is 83.8 cm³/mol. The first-order valence-electron chi connectivity index (χ1n) is 5.94. The molecule has 2 amide bonds. The molecule has 0 radical (unpaired) electrons. The van der Waals surface area contributed by atoms with Crippen LogP contribution in [-0.4, -0.2) is 22.1 Å². The van der Waals surface area contributed by atoms with Gasteiger partial charge in [0.1, 0.15) is 0 Å². The number of hydrogen-bond donors (Lipinski definition) is 3. The number of aryl methyl sites for hydroxylation is 1. The quantitative estimate of drug-likeness (QED) is 0.771. The minimum atomic E-state index is -1.06. The molecule has 6 nitrogen and oxygen atoms in total. The first kappa shape index (κ1) is 15.5. The number of carbonyl (C=O) groups excluding carboxylic acids is 1. The van der Waals surface area contributed by atoms with Crippen LogP contribution in [0.1, 0.15) is 21.1 Å². The Bertz CT molecular complexity index is 687. The lowest BCUT2D eigenvalue weighted by Crippen LogP contribution is -2.28. The Kier molecular flexibility index (Phi) is 4.92. The second kappa shape index (κ2) is 6.68. The van der Waals surface area contributed by atoms with Gasteiger partial charge in [0, 0.05) is 15.5 Å². The Labute approximate surface area is 133 Å². The lowest BCUT2D eigenvalue weighted by molar-refractivity contribution is 0.0697. The maximum absolute atomic E-state index is 11.8. The number of carbonyl (C=O) groups is 2. The normalized spacial score (nSPS) is 10.2. The SMILES string of the molecule is Cc1nc(CNC(=O)Nc2cc(Br)cc(C(=O)O)c2)cs1. The summed E-state index contributed by atoms with van der Waals surface area (Å²) in [6.07, 6.45) is 0. The van der Waals surface area contributed by atoms with Crippen molar-refractivity contribution < 1.29 is 14.7 Å². The molecule has 0 aliphatic heterocycles. The number of amides is 2. The van der Waals surface area contributed by atoms with Crippen LogP contribution in [0.5, 0.6) is 0 Å². The molecule has 0 fully saturated rings. The van der Waals surface area contributed by atoms with Gasteiger partial charge in [-0.25, -0.2) is 14.6 Å². The number of nitrogens with zero attached hydrogens (tertiary/aromatic N) is 1. The highest BCUT2D eigenvalue weighted by atomic mass is 79.9. The fraction of sp³-hybridized carbons (Fsp3) is 0.154. The van der Waals surface area contributed by atoms with E-state index in [-0.39, 0.29) is 5.56 Å². The summed E-state index contributed by atoms with van der Waals surface area (Å²) in [7, 11) is 0. The molecule has 2 aromatic rings. The van der Waals surface area contributed by atoms with E-state index in [0.29, 0.717) is 16.7 Å². The summed E-state index contributed by atoms with van der Waals surface area (Å²) in [5, 5.41) is 17.0.